The van der Waals surface area contributed by atoms with Gasteiger partial charge in [0.2, 0.25) is 5.91 Å². The van der Waals surface area contributed by atoms with Crippen LogP contribution in [0.25, 0.3) is 10.2 Å². The monoisotopic (exact) mass is 383 g/mol. The Kier molecular flexibility index (Phi) is 4.83. The van der Waals surface area contributed by atoms with Gasteiger partial charge in [-0.05, 0) is 48.7 Å². The number of halogens is 1. The van der Waals surface area contributed by atoms with Crippen LogP contribution in [0.1, 0.15) is 16.7 Å². The van der Waals surface area contributed by atoms with Gasteiger partial charge in [-0.1, -0.05) is 29.5 Å². The zero-order valence-electron chi connectivity index (χ0n) is 15.5. The third-order valence-electron chi connectivity index (χ3n) is 5.17. The molecule has 6 heteroatoms. The van der Waals surface area contributed by atoms with Crippen LogP contribution in [0.4, 0.5) is 9.52 Å². The van der Waals surface area contributed by atoms with E-state index < -0.39 is 0 Å². The van der Waals surface area contributed by atoms with Crippen LogP contribution in [0.5, 0.6) is 0 Å². The quantitative estimate of drug-likeness (QED) is 0.687. The molecule has 1 aliphatic heterocycles. The molecule has 4 nitrogen and oxygen atoms in total. The maximum Gasteiger partial charge on any atom is 0.227 e. The molecule has 1 amide bonds. The van der Waals surface area contributed by atoms with Crippen molar-refractivity contribution >= 4 is 32.6 Å². The number of hydrogen-bond acceptors (Lipinski definition) is 4. The Hall–Kier alpha value is -2.47. The van der Waals surface area contributed by atoms with Crippen molar-refractivity contribution in [1.82, 2.24) is 9.88 Å². The molecule has 1 aliphatic rings. The van der Waals surface area contributed by atoms with Crippen LogP contribution < -0.4 is 4.90 Å². The molecular formula is C21H22FN3OS. The van der Waals surface area contributed by atoms with Gasteiger partial charge >= 0.3 is 0 Å². The minimum Gasteiger partial charge on any atom is -0.345 e. The summed E-state index contributed by atoms with van der Waals surface area (Å²) >= 11 is 1.50. The molecule has 2 aromatic carbocycles. The van der Waals surface area contributed by atoms with Gasteiger partial charge in [0.1, 0.15) is 5.82 Å². The second-order valence-electron chi connectivity index (χ2n) is 7.07. The first kappa shape index (κ1) is 17.9. The molecule has 0 saturated carbocycles. The number of nitrogens with zero attached hydrogens (tertiary/aromatic N) is 3. The molecule has 0 aliphatic carbocycles. The van der Waals surface area contributed by atoms with Crippen molar-refractivity contribution in [2.24, 2.45) is 0 Å². The van der Waals surface area contributed by atoms with Crippen LogP contribution in [0.15, 0.2) is 36.4 Å². The smallest absolute Gasteiger partial charge is 0.227 e. The Morgan fingerprint density at radius 2 is 1.85 bits per heavy atom. The van der Waals surface area contributed by atoms with Gasteiger partial charge in [-0.3, -0.25) is 4.79 Å². The second kappa shape index (κ2) is 7.27. The Morgan fingerprint density at radius 1 is 1.07 bits per heavy atom. The van der Waals surface area contributed by atoms with Crippen molar-refractivity contribution in [3.63, 3.8) is 0 Å². The highest BCUT2D eigenvalue weighted by molar-refractivity contribution is 7.22. The van der Waals surface area contributed by atoms with Crippen molar-refractivity contribution in [2.75, 3.05) is 31.1 Å². The summed E-state index contributed by atoms with van der Waals surface area (Å²) in [4.78, 5) is 21.4. The first-order valence-corrected chi connectivity index (χ1v) is 9.96. The average molecular weight is 383 g/mol. The normalized spacial score (nSPS) is 14.8. The summed E-state index contributed by atoms with van der Waals surface area (Å²) in [6, 6.07) is 10.9. The molecule has 0 unspecified atom stereocenters. The molecule has 4 rings (SSSR count). The van der Waals surface area contributed by atoms with Gasteiger partial charge in [-0.25, -0.2) is 9.37 Å². The number of rotatable bonds is 3. The maximum atomic E-state index is 13.4. The summed E-state index contributed by atoms with van der Waals surface area (Å²) in [6.45, 7) is 7.03. The van der Waals surface area contributed by atoms with Crippen molar-refractivity contribution in [1.29, 1.82) is 0 Å². The number of aryl methyl sites for hydroxylation is 2. The summed E-state index contributed by atoms with van der Waals surface area (Å²) in [5.74, 6) is -0.0660. The van der Waals surface area contributed by atoms with Crippen molar-refractivity contribution < 1.29 is 9.18 Å². The molecule has 1 aromatic heterocycles. The predicted octanol–water partition coefficient (Wildman–Crippen LogP) is 3.94. The summed E-state index contributed by atoms with van der Waals surface area (Å²) in [6.07, 6.45) is 0.446. The molecule has 27 heavy (non-hydrogen) atoms. The number of carbonyl (C=O) groups is 1. The number of carbonyl (C=O) groups excluding carboxylic acids is 1. The fraction of sp³-hybridized carbons (Fsp3) is 0.333. The van der Waals surface area contributed by atoms with Crippen LogP contribution >= 0.6 is 11.3 Å². The zero-order valence-corrected chi connectivity index (χ0v) is 16.4. The largest absolute Gasteiger partial charge is 0.345 e. The van der Waals surface area contributed by atoms with E-state index in [2.05, 4.69) is 35.9 Å². The molecule has 140 valence electrons. The van der Waals surface area contributed by atoms with E-state index in [1.165, 1.54) is 34.6 Å². The number of anilines is 1. The third-order valence-corrected chi connectivity index (χ3v) is 6.25. The molecule has 0 N–H and O–H groups in total. The highest BCUT2D eigenvalue weighted by atomic mass is 32.1. The highest BCUT2D eigenvalue weighted by Gasteiger charge is 2.23. The van der Waals surface area contributed by atoms with E-state index >= 15 is 0 Å². The molecule has 1 saturated heterocycles. The fourth-order valence-corrected chi connectivity index (χ4v) is 4.41. The van der Waals surface area contributed by atoms with Gasteiger partial charge in [0.25, 0.3) is 0 Å². The van der Waals surface area contributed by atoms with Crippen molar-refractivity contribution in [3.05, 3.63) is 58.9 Å². The number of aromatic nitrogens is 1. The number of fused-ring (bicyclic) bond motifs is 1. The number of hydrogen-bond donors (Lipinski definition) is 0. The van der Waals surface area contributed by atoms with Crippen LogP contribution in [0, 0.1) is 19.7 Å². The standard InChI is InChI=1S/C21H22FN3OS/c1-14-3-4-16(11-15(14)2)12-20(26)24-7-9-25(10-8-24)21-23-18-6-5-17(22)13-19(18)27-21/h3-6,11,13H,7-10,12H2,1-2H3. The van der Waals surface area contributed by atoms with E-state index in [1.807, 2.05) is 11.0 Å². The van der Waals surface area contributed by atoms with Gasteiger partial charge in [-0.15, -0.1) is 0 Å². The summed E-state index contributed by atoms with van der Waals surface area (Å²) < 4.78 is 14.2. The van der Waals surface area contributed by atoms with Crippen molar-refractivity contribution in [2.45, 2.75) is 20.3 Å². The summed E-state index contributed by atoms with van der Waals surface area (Å²) in [5.41, 5.74) is 4.36. The lowest BCUT2D eigenvalue weighted by Crippen LogP contribution is -2.49. The lowest BCUT2D eigenvalue weighted by Gasteiger charge is -2.34. The number of piperazine rings is 1. The molecule has 0 radical (unpaired) electrons. The minimum absolute atomic E-state index is 0.171. The zero-order chi connectivity index (χ0) is 19.0. The van der Waals surface area contributed by atoms with E-state index in [0.717, 1.165) is 34.0 Å². The Balaban J connectivity index is 1.38. The topological polar surface area (TPSA) is 36.4 Å². The van der Waals surface area contributed by atoms with Gasteiger partial charge in [-0.2, -0.15) is 0 Å². The molecule has 0 spiro atoms. The maximum absolute atomic E-state index is 13.4. The first-order chi connectivity index (χ1) is 13.0. The van der Waals surface area contributed by atoms with Crippen LogP contribution in [0.2, 0.25) is 0 Å². The third kappa shape index (κ3) is 3.81. The first-order valence-electron chi connectivity index (χ1n) is 9.14. The fourth-order valence-electron chi connectivity index (χ4n) is 3.37. The lowest BCUT2D eigenvalue weighted by atomic mass is 10.0. The van der Waals surface area contributed by atoms with Crippen molar-refractivity contribution in [3.8, 4) is 0 Å². The van der Waals surface area contributed by atoms with Gasteiger partial charge in [0.15, 0.2) is 5.13 Å². The lowest BCUT2D eigenvalue weighted by molar-refractivity contribution is -0.130. The Labute approximate surface area is 162 Å². The minimum atomic E-state index is -0.237. The highest BCUT2D eigenvalue weighted by Crippen LogP contribution is 2.30. The number of thiazole rings is 1. The van der Waals surface area contributed by atoms with E-state index in [9.17, 15) is 9.18 Å². The van der Waals surface area contributed by atoms with Gasteiger partial charge in [0.05, 0.1) is 16.6 Å². The molecule has 0 atom stereocenters. The SMILES string of the molecule is Cc1ccc(CC(=O)N2CCN(c3nc4ccc(F)cc4s3)CC2)cc1C. The summed E-state index contributed by atoms with van der Waals surface area (Å²) in [5, 5.41) is 0.900. The van der Waals surface area contributed by atoms with E-state index in [4.69, 9.17) is 0 Å². The van der Waals surface area contributed by atoms with Gasteiger partial charge in [0, 0.05) is 26.2 Å². The van der Waals surface area contributed by atoms with Gasteiger partial charge < -0.3 is 9.80 Å². The van der Waals surface area contributed by atoms with Crippen LogP contribution in [-0.2, 0) is 11.2 Å². The molecule has 1 fully saturated rings. The molecular weight excluding hydrogens is 361 g/mol. The molecule has 3 aromatic rings. The van der Waals surface area contributed by atoms with E-state index in [0.29, 0.717) is 19.5 Å². The Morgan fingerprint density at radius 3 is 2.59 bits per heavy atom. The van der Waals surface area contributed by atoms with E-state index in [1.54, 1.807) is 6.07 Å². The van der Waals surface area contributed by atoms with Crippen LogP contribution in [0.3, 0.4) is 0 Å². The summed E-state index contributed by atoms with van der Waals surface area (Å²) in [7, 11) is 0. The molecule has 2 heterocycles. The Bertz CT molecular complexity index is 992. The average Bonchev–Trinajstić information content (AvgIpc) is 3.08. The molecule has 0 bridgehead atoms. The predicted molar refractivity (Wildman–Crippen MR) is 108 cm³/mol. The number of amides is 1. The number of benzene rings is 2. The van der Waals surface area contributed by atoms with E-state index in [-0.39, 0.29) is 11.7 Å². The second-order valence-corrected chi connectivity index (χ2v) is 8.08. The van der Waals surface area contributed by atoms with Crippen LogP contribution in [-0.4, -0.2) is 42.0 Å².